The topological polar surface area (TPSA) is 29.3 Å². The summed E-state index contributed by atoms with van der Waals surface area (Å²) in [6, 6.07) is 0.452. The van der Waals surface area contributed by atoms with Crippen LogP contribution in [0.4, 0.5) is 0 Å². The summed E-state index contributed by atoms with van der Waals surface area (Å²) >= 11 is 0. The average Bonchev–Trinajstić information content (AvgIpc) is 2.07. The highest BCUT2D eigenvalue weighted by atomic mass is 15.2. The van der Waals surface area contributed by atoms with Crippen molar-refractivity contribution in [2.45, 2.75) is 59.0 Å². The first-order valence-electron chi connectivity index (χ1n) is 5.51. The molecule has 1 heterocycles. The molecule has 0 bridgehead atoms. The summed E-state index contributed by atoms with van der Waals surface area (Å²) in [6.45, 7) is 13.1. The minimum atomic E-state index is 0.333. The SMILES string of the molecule is CC.CC(C)(C)N1CCC(N)CC1. The van der Waals surface area contributed by atoms with Crippen molar-refractivity contribution >= 4 is 0 Å². The number of rotatable bonds is 0. The zero-order valence-corrected chi connectivity index (χ0v) is 9.93. The van der Waals surface area contributed by atoms with E-state index < -0.39 is 0 Å². The zero-order valence-electron chi connectivity index (χ0n) is 9.93. The molecule has 80 valence electrons. The monoisotopic (exact) mass is 186 g/mol. The molecular formula is C11H26N2. The lowest BCUT2D eigenvalue weighted by Crippen LogP contribution is -2.48. The standard InChI is InChI=1S/C9H20N2.C2H6/c1-9(2,3)11-6-4-8(10)5-7-11;1-2/h8H,4-7,10H2,1-3H3;1-2H3. The van der Waals surface area contributed by atoms with Crippen LogP contribution in [0.3, 0.4) is 0 Å². The van der Waals surface area contributed by atoms with E-state index in [4.69, 9.17) is 5.73 Å². The highest BCUT2D eigenvalue weighted by molar-refractivity contribution is 4.82. The maximum absolute atomic E-state index is 5.81. The molecule has 0 radical (unpaired) electrons. The fraction of sp³-hybridized carbons (Fsp3) is 1.00. The van der Waals surface area contributed by atoms with Crippen LogP contribution in [0.1, 0.15) is 47.5 Å². The predicted octanol–water partition coefficient (Wildman–Crippen LogP) is 2.23. The molecule has 0 aliphatic carbocycles. The summed E-state index contributed by atoms with van der Waals surface area (Å²) in [5.41, 5.74) is 6.15. The molecule has 2 heteroatoms. The molecular weight excluding hydrogens is 160 g/mol. The second-order valence-corrected chi connectivity index (χ2v) is 4.50. The molecule has 1 fully saturated rings. The van der Waals surface area contributed by atoms with Gasteiger partial charge in [0.2, 0.25) is 0 Å². The van der Waals surface area contributed by atoms with E-state index in [1.165, 1.54) is 13.1 Å². The van der Waals surface area contributed by atoms with Gasteiger partial charge in [-0.1, -0.05) is 13.8 Å². The molecule has 0 aromatic rings. The van der Waals surface area contributed by atoms with Crippen LogP contribution in [-0.4, -0.2) is 29.6 Å². The fourth-order valence-corrected chi connectivity index (χ4v) is 1.57. The Morgan fingerprint density at radius 1 is 1.08 bits per heavy atom. The van der Waals surface area contributed by atoms with E-state index in [1.54, 1.807) is 0 Å². The summed E-state index contributed by atoms with van der Waals surface area (Å²) < 4.78 is 0. The van der Waals surface area contributed by atoms with Crippen LogP contribution in [0, 0.1) is 0 Å². The molecule has 2 nitrogen and oxygen atoms in total. The first-order valence-corrected chi connectivity index (χ1v) is 5.51. The van der Waals surface area contributed by atoms with Gasteiger partial charge >= 0.3 is 0 Å². The largest absolute Gasteiger partial charge is 0.328 e. The first kappa shape index (κ1) is 12.9. The Kier molecular flexibility index (Phi) is 5.57. The Hall–Kier alpha value is -0.0800. The Morgan fingerprint density at radius 2 is 1.46 bits per heavy atom. The van der Waals surface area contributed by atoms with E-state index in [1.807, 2.05) is 13.8 Å². The van der Waals surface area contributed by atoms with Gasteiger partial charge in [-0.3, -0.25) is 4.90 Å². The molecule has 0 unspecified atom stereocenters. The van der Waals surface area contributed by atoms with Gasteiger partial charge in [0.25, 0.3) is 0 Å². The highest BCUT2D eigenvalue weighted by Gasteiger charge is 2.24. The summed E-state index contributed by atoms with van der Waals surface area (Å²) in [5.74, 6) is 0. The van der Waals surface area contributed by atoms with Crippen molar-refractivity contribution in [3.05, 3.63) is 0 Å². The third kappa shape index (κ3) is 4.63. The molecule has 0 saturated carbocycles. The van der Waals surface area contributed by atoms with Crippen molar-refractivity contribution in [2.24, 2.45) is 5.73 Å². The van der Waals surface area contributed by atoms with E-state index in [-0.39, 0.29) is 0 Å². The van der Waals surface area contributed by atoms with Crippen LogP contribution in [0.5, 0.6) is 0 Å². The van der Waals surface area contributed by atoms with E-state index in [2.05, 4.69) is 25.7 Å². The van der Waals surface area contributed by atoms with Crippen LogP contribution in [-0.2, 0) is 0 Å². The van der Waals surface area contributed by atoms with E-state index in [9.17, 15) is 0 Å². The van der Waals surface area contributed by atoms with Crippen molar-refractivity contribution in [1.29, 1.82) is 0 Å². The molecule has 0 atom stereocenters. The minimum Gasteiger partial charge on any atom is -0.328 e. The fourth-order valence-electron chi connectivity index (χ4n) is 1.57. The molecule has 2 N–H and O–H groups in total. The lowest BCUT2D eigenvalue weighted by molar-refractivity contribution is 0.103. The minimum absolute atomic E-state index is 0.333. The van der Waals surface area contributed by atoms with Crippen molar-refractivity contribution in [3.63, 3.8) is 0 Å². The molecule has 1 saturated heterocycles. The van der Waals surface area contributed by atoms with Gasteiger partial charge in [-0.2, -0.15) is 0 Å². The van der Waals surface area contributed by atoms with Gasteiger partial charge in [0.05, 0.1) is 0 Å². The van der Waals surface area contributed by atoms with Crippen LogP contribution >= 0.6 is 0 Å². The van der Waals surface area contributed by atoms with Crippen LogP contribution in [0.2, 0.25) is 0 Å². The number of hydrogen-bond acceptors (Lipinski definition) is 2. The third-order valence-corrected chi connectivity index (χ3v) is 2.49. The number of piperidine rings is 1. The smallest absolute Gasteiger partial charge is 0.0125 e. The molecule has 1 aliphatic rings. The quantitative estimate of drug-likeness (QED) is 0.628. The van der Waals surface area contributed by atoms with Gasteiger partial charge in [0, 0.05) is 24.7 Å². The summed E-state index contributed by atoms with van der Waals surface area (Å²) in [6.07, 6.45) is 2.33. The third-order valence-electron chi connectivity index (χ3n) is 2.49. The summed E-state index contributed by atoms with van der Waals surface area (Å²) in [7, 11) is 0. The molecule has 0 amide bonds. The van der Waals surface area contributed by atoms with E-state index in [0.29, 0.717) is 11.6 Å². The molecule has 13 heavy (non-hydrogen) atoms. The molecule has 1 rings (SSSR count). The Morgan fingerprint density at radius 3 is 1.77 bits per heavy atom. The zero-order chi connectivity index (χ0) is 10.5. The van der Waals surface area contributed by atoms with Gasteiger partial charge in [-0.15, -0.1) is 0 Å². The average molecular weight is 186 g/mol. The van der Waals surface area contributed by atoms with Gasteiger partial charge in [-0.05, 0) is 33.6 Å². The highest BCUT2D eigenvalue weighted by Crippen LogP contribution is 2.18. The van der Waals surface area contributed by atoms with Gasteiger partial charge < -0.3 is 5.73 Å². The van der Waals surface area contributed by atoms with Crippen LogP contribution < -0.4 is 5.73 Å². The first-order chi connectivity index (χ1) is 6.00. The maximum atomic E-state index is 5.81. The lowest BCUT2D eigenvalue weighted by Gasteiger charge is -2.40. The van der Waals surface area contributed by atoms with Crippen molar-refractivity contribution < 1.29 is 0 Å². The van der Waals surface area contributed by atoms with Crippen molar-refractivity contribution in [1.82, 2.24) is 4.90 Å². The Balaban J connectivity index is 0.000000671. The van der Waals surface area contributed by atoms with Crippen molar-refractivity contribution in [2.75, 3.05) is 13.1 Å². The summed E-state index contributed by atoms with van der Waals surface area (Å²) in [4.78, 5) is 2.51. The number of nitrogens with two attached hydrogens (primary N) is 1. The van der Waals surface area contributed by atoms with E-state index in [0.717, 1.165) is 12.8 Å². The number of nitrogens with zero attached hydrogens (tertiary/aromatic N) is 1. The molecule has 1 aliphatic heterocycles. The second kappa shape index (κ2) is 5.61. The molecule has 0 spiro atoms. The number of hydrogen-bond donors (Lipinski definition) is 1. The van der Waals surface area contributed by atoms with Gasteiger partial charge in [0.1, 0.15) is 0 Å². The second-order valence-electron chi connectivity index (χ2n) is 4.50. The Bertz CT molecular complexity index is 119. The molecule has 0 aromatic carbocycles. The van der Waals surface area contributed by atoms with Crippen LogP contribution in [0.15, 0.2) is 0 Å². The summed E-state index contributed by atoms with van der Waals surface area (Å²) in [5, 5.41) is 0. The van der Waals surface area contributed by atoms with Crippen LogP contribution in [0.25, 0.3) is 0 Å². The predicted molar refractivity (Wildman–Crippen MR) is 59.9 cm³/mol. The number of likely N-dealkylation sites (tertiary alicyclic amines) is 1. The van der Waals surface area contributed by atoms with Gasteiger partial charge in [0.15, 0.2) is 0 Å². The normalized spacial score (nSPS) is 20.8. The van der Waals surface area contributed by atoms with Gasteiger partial charge in [-0.25, -0.2) is 0 Å². The van der Waals surface area contributed by atoms with E-state index >= 15 is 0 Å². The molecule has 0 aromatic heterocycles. The Labute approximate surface area is 83.5 Å². The van der Waals surface area contributed by atoms with Crippen molar-refractivity contribution in [3.8, 4) is 0 Å². The lowest BCUT2D eigenvalue weighted by atomic mass is 9.99. The maximum Gasteiger partial charge on any atom is 0.0125 e.